The molecule has 0 fully saturated rings. The summed E-state index contributed by atoms with van der Waals surface area (Å²) in [5, 5.41) is 6.06. The second-order valence-electron chi connectivity index (χ2n) is 17.3. The first kappa shape index (κ1) is 53.4. The van der Waals surface area contributed by atoms with E-state index in [0.29, 0.717) is 25.2 Å². The predicted molar refractivity (Wildman–Crippen MR) is 256 cm³/mol. The molecule has 0 saturated carbocycles. The van der Waals surface area contributed by atoms with E-state index >= 15 is 0 Å². The molecular weight excluding hydrogens is 755 g/mol. The highest BCUT2D eigenvalue weighted by molar-refractivity contribution is 6.33. The Hall–Kier alpha value is -3.61. The van der Waals surface area contributed by atoms with Crippen molar-refractivity contribution >= 4 is 40.0 Å². The summed E-state index contributed by atoms with van der Waals surface area (Å²) < 4.78 is 24.4. The Morgan fingerprint density at radius 1 is 0.966 bits per heavy atom. The van der Waals surface area contributed by atoms with Crippen LogP contribution in [0.25, 0.3) is 21.9 Å². The van der Waals surface area contributed by atoms with E-state index in [9.17, 15) is 9.18 Å². The Bertz CT molecular complexity index is 1810. The first-order valence-electron chi connectivity index (χ1n) is 22.0. The van der Waals surface area contributed by atoms with E-state index in [1.165, 1.54) is 70.9 Å². The van der Waals surface area contributed by atoms with Gasteiger partial charge in [-0.3, -0.25) is 4.79 Å². The van der Waals surface area contributed by atoms with Crippen LogP contribution in [0.2, 0.25) is 5.02 Å². The van der Waals surface area contributed by atoms with Crippen molar-refractivity contribution in [3.05, 3.63) is 99.0 Å². The number of halogens is 2. The smallest absolute Gasteiger partial charge is 0.293 e. The van der Waals surface area contributed by atoms with Crippen LogP contribution >= 0.6 is 11.6 Å². The summed E-state index contributed by atoms with van der Waals surface area (Å²) in [4.78, 5) is 11.9. The molecule has 0 radical (unpaired) electrons. The number of allylic oxidation sites excluding steroid dienone is 5. The van der Waals surface area contributed by atoms with Gasteiger partial charge in [-0.05, 0) is 158 Å². The van der Waals surface area contributed by atoms with Crippen LogP contribution in [0.1, 0.15) is 159 Å². The third-order valence-corrected chi connectivity index (χ3v) is 11.0. The van der Waals surface area contributed by atoms with Gasteiger partial charge in [-0.15, -0.1) is 0 Å². The Labute approximate surface area is 364 Å². The van der Waals surface area contributed by atoms with Crippen molar-refractivity contribution in [3.63, 3.8) is 0 Å². The van der Waals surface area contributed by atoms with Gasteiger partial charge >= 0.3 is 0 Å². The van der Waals surface area contributed by atoms with Crippen molar-refractivity contribution in [2.24, 2.45) is 5.92 Å². The molecule has 330 valence electrons. The van der Waals surface area contributed by atoms with Gasteiger partial charge < -0.3 is 19.7 Å². The molecule has 0 bridgehead atoms. The molecule has 2 unspecified atom stereocenters. The lowest BCUT2D eigenvalue weighted by molar-refractivity contribution is -0.138. The molecule has 3 aromatic rings. The number of hydrogen-bond acceptors (Lipinski definition) is 5. The highest BCUT2D eigenvalue weighted by Crippen LogP contribution is 2.41. The van der Waals surface area contributed by atoms with Gasteiger partial charge in [-0.2, -0.15) is 0 Å². The molecule has 1 aliphatic heterocycles. The van der Waals surface area contributed by atoms with Crippen molar-refractivity contribution in [1.82, 2.24) is 10.2 Å². The molecule has 4 rings (SSSR count). The minimum atomic E-state index is -0.318. The Morgan fingerprint density at radius 2 is 1.61 bits per heavy atom. The molecule has 7 heteroatoms. The van der Waals surface area contributed by atoms with Gasteiger partial charge in [0.25, 0.3) is 6.47 Å². The summed E-state index contributed by atoms with van der Waals surface area (Å²) in [5.41, 5.74) is 9.83. The van der Waals surface area contributed by atoms with E-state index in [2.05, 4.69) is 123 Å². The van der Waals surface area contributed by atoms with Crippen molar-refractivity contribution in [3.8, 4) is 5.75 Å². The summed E-state index contributed by atoms with van der Waals surface area (Å²) in [6, 6.07) is 16.2. The molecular formula is C52H80ClFN2O3. The highest BCUT2D eigenvalue weighted by Gasteiger charge is 2.22. The number of benzene rings is 3. The fraction of sp³-hybridized carbons (Fsp3) is 0.558. The fourth-order valence-corrected chi connectivity index (χ4v) is 7.00. The maximum Gasteiger partial charge on any atom is 0.293 e. The fourth-order valence-electron chi connectivity index (χ4n) is 6.70. The quantitative estimate of drug-likeness (QED) is 0.122. The van der Waals surface area contributed by atoms with Crippen LogP contribution in [0.4, 0.5) is 4.39 Å². The van der Waals surface area contributed by atoms with Gasteiger partial charge in [0, 0.05) is 52.9 Å². The second-order valence-corrected chi connectivity index (χ2v) is 17.7. The SMILES string of the molecule is CC(C)(C)OC=O.CC/C(C)=C(/CCCOc1cccc2cc(F)ccc12)c1ccc(Cl)c(C2=C(C)N(C)CC=C2C)c1C.CCC(C)NC(C)CC.CCCC(C)C. The lowest BCUT2D eigenvalue weighted by Crippen LogP contribution is -2.33. The zero-order valence-electron chi connectivity index (χ0n) is 39.8. The topological polar surface area (TPSA) is 50.8 Å². The van der Waals surface area contributed by atoms with Crippen molar-refractivity contribution in [2.75, 3.05) is 20.2 Å². The molecule has 0 amide bonds. The van der Waals surface area contributed by atoms with Crippen LogP contribution < -0.4 is 10.1 Å². The minimum Gasteiger partial charge on any atom is -0.493 e. The maximum absolute atomic E-state index is 13.6. The average Bonchev–Trinajstić information content (AvgIpc) is 3.17. The Kier molecular flexibility index (Phi) is 24.7. The summed E-state index contributed by atoms with van der Waals surface area (Å²) in [7, 11) is 2.13. The molecule has 1 heterocycles. The number of carbonyl (C=O) groups excluding carboxylic acids is 1. The molecule has 3 aromatic carbocycles. The number of nitrogens with one attached hydrogen (secondary N) is 1. The molecule has 1 N–H and O–H groups in total. The zero-order chi connectivity index (χ0) is 44.9. The van der Waals surface area contributed by atoms with E-state index in [1.807, 2.05) is 39.0 Å². The van der Waals surface area contributed by atoms with E-state index < -0.39 is 0 Å². The van der Waals surface area contributed by atoms with Gasteiger partial charge in [0.2, 0.25) is 0 Å². The number of carbonyl (C=O) groups is 1. The van der Waals surface area contributed by atoms with Crippen LogP contribution in [0.3, 0.4) is 0 Å². The largest absolute Gasteiger partial charge is 0.493 e. The lowest BCUT2D eigenvalue weighted by Gasteiger charge is -2.29. The van der Waals surface area contributed by atoms with Crippen LogP contribution in [0, 0.1) is 18.7 Å². The van der Waals surface area contributed by atoms with Crippen molar-refractivity contribution in [1.29, 1.82) is 0 Å². The standard InChI is InChI=1S/C33H37ClFNO.C8H19N.C6H14.C5H10O2/c1-7-21(2)27(11-9-19-37-31-12-8-10-25-20-26(35)13-14-29(25)31)28-15-16-30(34)33(23(28)4)32-22(3)17-18-36(6)24(32)5;1-5-7(3)9-8(4)6-2;1-4-5-6(2)3;1-5(2,3)7-4-6/h8,10,12-17,20H,7,9,11,18-19H2,1-6H3;7-9H,5-6H2,1-4H3;6H,4-5H2,1-3H3;4H,1-3H3/b27-21-;;;. The van der Waals surface area contributed by atoms with Gasteiger partial charge in [0.1, 0.15) is 17.2 Å². The van der Waals surface area contributed by atoms with Crippen LogP contribution in [0.5, 0.6) is 5.75 Å². The number of fused-ring (bicyclic) bond motifs is 1. The predicted octanol–water partition coefficient (Wildman–Crippen LogP) is 15.2. The number of nitrogens with zero attached hydrogens (tertiary/aromatic N) is 1. The Morgan fingerprint density at radius 3 is 2.12 bits per heavy atom. The van der Waals surface area contributed by atoms with Crippen molar-refractivity contribution < 1.29 is 18.7 Å². The van der Waals surface area contributed by atoms with Gasteiger partial charge in [-0.1, -0.05) is 95.8 Å². The lowest BCUT2D eigenvalue weighted by atomic mass is 9.85. The average molecular weight is 836 g/mol. The van der Waals surface area contributed by atoms with Crippen molar-refractivity contribution in [2.45, 2.75) is 166 Å². The molecule has 2 atom stereocenters. The van der Waals surface area contributed by atoms with Crippen LogP contribution in [0.15, 0.2) is 71.5 Å². The molecule has 0 aliphatic carbocycles. The second kappa shape index (κ2) is 27.3. The van der Waals surface area contributed by atoms with E-state index in [1.54, 1.807) is 12.1 Å². The third kappa shape index (κ3) is 18.7. The molecule has 0 spiro atoms. The molecule has 5 nitrogen and oxygen atoms in total. The van der Waals surface area contributed by atoms with Gasteiger partial charge in [0.15, 0.2) is 0 Å². The van der Waals surface area contributed by atoms with E-state index in [4.69, 9.17) is 16.3 Å². The molecule has 1 aliphatic rings. The van der Waals surface area contributed by atoms with Gasteiger partial charge in [-0.25, -0.2) is 4.39 Å². The van der Waals surface area contributed by atoms with Gasteiger partial charge in [0.05, 0.1) is 6.61 Å². The van der Waals surface area contributed by atoms with Crippen LogP contribution in [-0.4, -0.2) is 49.3 Å². The summed E-state index contributed by atoms with van der Waals surface area (Å²) in [6.07, 6.45) is 10.2. The Balaban J connectivity index is 0.000000645. The number of ether oxygens (including phenoxy) is 2. The first-order valence-corrected chi connectivity index (χ1v) is 22.4. The summed E-state index contributed by atoms with van der Waals surface area (Å²) in [5.74, 6) is 1.46. The normalized spacial score (nSPS) is 14.2. The maximum atomic E-state index is 13.6. The molecule has 0 aromatic heterocycles. The van der Waals surface area contributed by atoms with E-state index in [-0.39, 0.29) is 11.4 Å². The van der Waals surface area contributed by atoms with E-state index in [0.717, 1.165) is 58.8 Å². The number of hydrogen-bond donors (Lipinski definition) is 1. The first-order chi connectivity index (χ1) is 27.8. The molecule has 59 heavy (non-hydrogen) atoms. The summed E-state index contributed by atoms with van der Waals surface area (Å²) >= 11 is 6.84. The molecule has 0 saturated heterocycles. The third-order valence-electron chi connectivity index (χ3n) is 10.7. The highest BCUT2D eigenvalue weighted by atomic mass is 35.5. The summed E-state index contributed by atoms with van der Waals surface area (Å²) in [6.45, 7) is 34.0. The number of likely N-dealkylation sites (N-methyl/N-ethyl adjacent to an activating group) is 1. The van der Waals surface area contributed by atoms with Crippen LogP contribution in [-0.2, 0) is 9.53 Å². The number of rotatable bonds is 15. The zero-order valence-corrected chi connectivity index (χ0v) is 40.6. The minimum absolute atomic E-state index is 0.233. The monoisotopic (exact) mass is 835 g/mol.